The minimum atomic E-state index is -0.258. The van der Waals surface area contributed by atoms with Gasteiger partial charge in [-0.1, -0.05) is 18.0 Å². The van der Waals surface area contributed by atoms with Crippen LogP contribution in [0.1, 0.15) is 50.8 Å². The monoisotopic (exact) mass is 387 g/mol. The molecule has 0 saturated carbocycles. The second-order valence-electron chi connectivity index (χ2n) is 7.39. The SMILES string of the molecule is CCn1c2cc(Cl)ccc2c2oc(C(CCC(N)=O)N3CCCCC3)cc21. The van der Waals surface area contributed by atoms with E-state index < -0.39 is 0 Å². The third-order valence-electron chi connectivity index (χ3n) is 5.66. The average molecular weight is 388 g/mol. The van der Waals surface area contributed by atoms with E-state index in [9.17, 15) is 4.79 Å². The van der Waals surface area contributed by atoms with Crippen LogP contribution < -0.4 is 5.73 Å². The van der Waals surface area contributed by atoms with Crippen molar-refractivity contribution >= 4 is 39.5 Å². The minimum absolute atomic E-state index is 0.0952. The number of halogens is 1. The Morgan fingerprint density at radius 2 is 2.00 bits per heavy atom. The smallest absolute Gasteiger partial charge is 0.217 e. The Kier molecular flexibility index (Phi) is 5.15. The number of carbonyl (C=O) groups excluding carboxylic acids is 1. The van der Waals surface area contributed by atoms with Crippen LogP contribution in [0, 0.1) is 0 Å². The Bertz CT molecular complexity index is 969. The van der Waals surface area contributed by atoms with Crippen molar-refractivity contribution in [3.05, 3.63) is 35.0 Å². The third kappa shape index (κ3) is 3.46. The first-order chi connectivity index (χ1) is 13.1. The van der Waals surface area contributed by atoms with E-state index in [0.29, 0.717) is 12.8 Å². The van der Waals surface area contributed by atoms with E-state index in [1.54, 1.807) is 0 Å². The van der Waals surface area contributed by atoms with Crippen LogP contribution in [0.4, 0.5) is 0 Å². The first-order valence-corrected chi connectivity index (χ1v) is 10.2. The van der Waals surface area contributed by atoms with Gasteiger partial charge in [0.05, 0.1) is 17.1 Å². The van der Waals surface area contributed by atoms with Crippen LogP contribution >= 0.6 is 11.6 Å². The molecule has 1 aliphatic heterocycles. The van der Waals surface area contributed by atoms with E-state index in [2.05, 4.69) is 22.5 Å². The molecule has 144 valence electrons. The number of fused-ring (bicyclic) bond motifs is 3. The summed E-state index contributed by atoms with van der Waals surface area (Å²) in [6.07, 6.45) is 4.72. The quantitative estimate of drug-likeness (QED) is 0.657. The predicted molar refractivity (Wildman–Crippen MR) is 109 cm³/mol. The number of nitrogens with zero attached hydrogens (tertiary/aromatic N) is 2. The van der Waals surface area contributed by atoms with Crippen molar-refractivity contribution in [3.8, 4) is 0 Å². The molecule has 3 heterocycles. The molecule has 27 heavy (non-hydrogen) atoms. The molecule has 1 saturated heterocycles. The number of rotatable bonds is 6. The van der Waals surface area contributed by atoms with Crippen molar-refractivity contribution in [1.82, 2.24) is 9.47 Å². The van der Waals surface area contributed by atoms with Crippen LogP contribution in [-0.4, -0.2) is 28.5 Å². The van der Waals surface area contributed by atoms with Gasteiger partial charge in [0.15, 0.2) is 5.58 Å². The molecule has 2 aromatic heterocycles. The molecule has 1 fully saturated rings. The lowest BCUT2D eigenvalue weighted by atomic mass is 10.0. The molecular weight excluding hydrogens is 362 g/mol. The number of aryl methyl sites for hydroxylation is 1. The molecule has 0 bridgehead atoms. The number of furan rings is 1. The van der Waals surface area contributed by atoms with Gasteiger partial charge in [0, 0.05) is 29.4 Å². The second-order valence-corrected chi connectivity index (χ2v) is 7.82. The average Bonchev–Trinajstić information content (AvgIpc) is 3.19. The normalized spacial score (nSPS) is 17.0. The lowest BCUT2D eigenvalue weighted by Gasteiger charge is -2.33. The summed E-state index contributed by atoms with van der Waals surface area (Å²) >= 11 is 6.20. The maximum Gasteiger partial charge on any atom is 0.217 e. The summed E-state index contributed by atoms with van der Waals surface area (Å²) in [6.45, 7) is 5.05. The Morgan fingerprint density at radius 1 is 1.22 bits per heavy atom. The first kappa shape index (κ1) is 18.4. The van der Waals surface area contributed by atoms with Crippen molar-refractivity contribution in [2.45, 2.75) is 51.6 Å². The van der Waals surface area contributed by atoms with Gasteiger partial charge in [-0.3, -0.25) is 9.69 Å². The molecule has 0 spiro atoms. The summed E-state index contributed by atoms with van der Waals surface area (Å²) in [7, 11) is 0. The van der Waals surface area contributed by atoms with Gasteiger partial charge in [-0.25, -0.2) is 0 Å². The van der Waals surface area contributed by atoms with Gasteiger partial charge in [-0.15, -0.1) is 0 Å². The van der Waals surface area contributed by atoms with Crippen molar-refractivity contribution in [1.29, 1.82) is 0 Å². The highest BCUT2D eigenvalue weighted by atomic mass is 35.5. The molecule has 0 aliphatic carbocycles. The fourth-order valence-corrected chi connectivity index (χ4v) is 4.53. The fraction of sp³-hybridized carbons (Fsp3) is 0.476. The number of aromatic nitrogens is 1. The molecule has 1 unspecified atom stereocenters. The van der Waals surface area contributed by atoms with E-state index in [4.69, 9.17) is 21.8 Å². The fourth-order valence-electron chi connectivity index (χ4n) is 4.36. The molecule has 4 rings (SSSR count). The molecule has 5 nitrogen and oxygen atoms in total. The number of carbonyl (C=O) groups is 1. The summed E-state index contributed by atoms with van der Waals surface area (Å²) in [5.74, 6) is 0.675. The number of primary amides is 1. The molecule has 1 amide bonds. The Labute approximate surface area is 164 Å². The van der Waals surface area contributed by atoms with Crippen LogP contribution in [0.25, 0.3) is 22.0 Å². The van der Waals surface area contributed by atoms with E-state index in [0.717, 1.165) is 52.4 Å². The Hall–Kier alpha value is -1.98. The van der Waals surface area contributed by atoms with E-state index in [-0.39, 0.29) is 11.9 Å². The summed E-state index contributed by atoms with van der Waals surface area (Å²) in [6, 6.07) is 8.16. The Balaban J connectivity index is 1.78. The predicted octanol–water partition coefficient (Wildman–Crippen LogP) is 4.85. The summed E-state index contributed by atoms with van der Waals surface area (Å²) < 4.78 is 8.63. The van der Waals surface area contributed by atoms with Gasteiger partial charge >= 0.3 is 0 Å². The summed E-state index contributed by atoms with van der Waals surface area (Å²) in [4.78, 5) is 13.8. The summed E-state index contributed by atoms with van der Waals surface area (Å²) in [5, 5.41) is 1.81. The van der Waals surface area contributed by atoms with E-state index >= 15 is 0 Å². The highest BCUT2D eigenvalue weighted by molar-refractivity contribution is 6.31. The molecule has 3 aromatic rings. The van der Waals surface area contributed by atoms with E-state index in [1.807, 2.05) is 18.2 Å². The number of nitrogens with two attached hydrogens (primary N) is 1. The van der Waals surface area contributed by atoms with E-state index in [1.165, 1.54) is 19.3 Å². The zero-order valence-electron chi connectivity index (χ0n) is 15.7. The molecular formula is C21H26ClN3O2. The number of benzene rings is 1. The zero-order valence-corrected chi connectivity index (χ0v) is 16.5. The van der Waals surface area contributed by atoms with Crippen molar-refractivity contribution in [2.24, 2.45) is 5.73 Å². The molecule has 1 atom stereocenters. The highest BCUT2D eigenvalue weighted by Crippen LogP contribution is 2.38. The lowest BCUT2D eigenvalue weighted by Crippen LogP contribution is -2.34. The number of hydrogen-bond donors (Lipinski definition) is 1. The Morgan fingerprint density at radius 3 is 2.70 bits per heavy atom. The number of amides is 1. The van der Waals surface area contributed by atoms with Crippen molar-refractivity contribution in [3.63, 3.8) is 0 Å². The molecule has 6 heteroatoms. The molecule has 1 aromatic carbocycles. The lowest BCUT2D eigenvalue weighted by molar-refractivity contribution is -0.118. The first-order valence-electron chi connectivity index (χ1n) is 9.82. The molecule has 1 aliphatic rings. The number of likely N-dealkylation sites (tertiary alicyclic amines) is 1. The van der Waals surface area contributed by atoms with Gasteiger partial charge in [0.1, 0.15) is 5.76 Å². The second kappa shape index (κ2) is 7.56. The van der Waals surface area contributed by atoms with Crippen LogP contribution in [0.2, 0.25) is 5.02 Å². The highest BCUT2D eigenvalue weighted by Gasteiger charge is 2.27. The van der Waals surface area contributed by atoms with Gasteiger partial charge in [-0.2, -0.15) is 0 Å². The maximum absolute atomic E-state index is 11.4. The van der Waals surface area contributed by atoms with Crippen molar-refractivity contribution in [2.75, 3.05) is 13.1 Å². The molecule has 2 N–H and O–H groups in total. The van der Waals surface area contributed by atoms with Gasteiger partial charge in [0.2, 0.25) is 5.91 Å². The molecule has 0 radical (unpaired) electrons. The standard InChI is InChI=1S/C21H26ClN3O2/c1-2-25-17-12-14(22)6-7-15(17)21-18(25)13-19(27-21)16(8-9-20(23)26)24-10-4-3-5-11-24/h6-7,12-13,16H,2-5,8-11H2,1H3,(H2,23,26). The maximum atomic E-state index is 11.4. The number of piperidine rings is 1. The summed E-state index contributed by atoms with van der Waals surface area (Å²) in [5.41, 5.74) is 8.52. The van der Waals surface area contributed by atoms with Gasteiger partial charge in [0.25, 0.3) is 0 Å². The zero-order chi connectivity index (χ0) is 19.0. The van der Waals surface area contributed by atoms with Crippen molar-refractivity contribution < 1.29 is 9.21 Å². The van der Waals surface area contributed by atoms with Crippen LogP contribution in [0.15, 0.2) is 28.7 Å². The van der Waals surface area contributed by atoms with Crippen LogP contribution in [-0.2, 0) is 11.3 Å². The topological polar surface area (TPSA) is 64.4 Å². The van der Waals surface area contributed by atoms with Crippen LogP contribution in [0.5, 0.6) is 0 Å². The third-order valence-corrected chi connectivity index (χ3v) is 5.89. The number of hydrogen-bond acceptors (Lipinski definition) is 3. The van der Waals surface area contributed by atoms with Gasteiger partial charge < -0.3 is 14.7 Å². The largest absolute Gasteiger partial charge is 0.457 e. The minimum Gasteiger partial charge on any atom is -0.457 e. The van der Waals surface area contributed by atoms with Gasteiger partial charge in [-0.05, 0) is 57.5 Å². The van der Waals surface area contributed by atoms with Crippen LogP contribution in [0.3, 0.4) is 0 Å².